The summed E-state index contributed by atoms with van der Waals surface area (Å²) in [5.74, 6) is -0.135. The highest BCUT2D eigenvalue weighted by Gasteiger charge is 2.31. The number of halogens is 2. The van der Waals surface area contributed by atoms with Crippen LogP contribution in [0.5, 0.6) is 5.75 Å². The third kappa shape index (κ3) is 6.07. The average Bonchev–Trinajstić information content (AvgIpc) is 2.66. The Bertz CT molecular complexity index is 907. The van der Waals surface area contributed by atoms with Crippen molar-refractivity contribution < 1.29 is 19.0 Å². The van der Waals surface area contributed by atoms with Gasteiger partial charge < -0.3 is 9.84 Å². The number of nitrogens with zero attached hydrogens (tertiary/aromatic N) is 1. The van der Waals surface area contributed by atoms with E-state index in [0.717, 1.165) is 28.9 Å². The number of rotatable bonds is 9. The van der Waals surface area contributed by atoms with E-state index in [1.165, 1.54) is 12.1 Å². The van der Waals surface area contributed by atoms with Gasteiger partial charge in [0.2, 0.25) is 0 Å². The molecule has 1 aliphatic heterocycles. The molecule has 1 atom stereocenters. The quantitative estimate of drug-likeness (QED) is 0.607. The van der Waals surface area contributed by atoms with Crippen LogP contribution in [0.2, 0.25) is 0 Å². The van der Waals surface area contributed by atoms with Crippen LogP contribution in [0.1, 0.15) is 23.6 Å². The van der Waals surface area contributed by atoms with E-state index in [4.69, 9.17) is 21.4 Å². The van der Waals surface area contributed by atoms with E-state index in [-0.39, 0.29) is 11.7 Å². The maximum atomic E-state index is 13.0. The summed E-state index contributed by atoms with van der Waals surface area (Å²) in [7, 11) is 0. The fourth-order valence-electron chi connectivity index (χ4n) is 3.51. The van der Waals surface area contributed by atoms with Crippen molar-refractivity contribution >= 4 is 22.6 Å². The first-order valence-corrected chi connectivity index (χ1v) is 10.5. The zero-order valence-electron chi connectivity index (χ0n) is 17.3. The molecule has 160 valence electrons. The van der Waals surface area contributed by atoms with E-state index in [1.54, 1.807) is 12.1 Å². The van der Waals surface area contributed by atoms with Gasteiger partial charge in [-0.2, -0.15) is 0 Å². The Balaban J connectivity index is 1.50. The molecule has 2 aromatic carbocycles. The smallest absolute Gasteiger partial charge is 0.309 e. The molecule has 0 amide bonds. The molecule has 1 fully saturated rings. The van der Waals surface area contributed by atoms with Crippen molar-refractivity contribution in [2.24, 2.45) is 11.8 Å². The number of hydrogen-bond donors (Lipinski definition) is 1. The Morgan fingerprint density at radius 1 is 1.30 bits per heavy atom. The average molecular weight is 432 g/mol. The van der Waals surface area contributed by atoms with Gasteiger partial charge in [-0.3, -0.25) is 9.69 Å². The zero-order chi connectivity index (χ0) is 21.7. The second kappa shape index (κ2) is 10.1. The number of carboxylic acid groups (broad SMARTS) is 1. The Labute approximate surface area is 181 Å². The normalized spacial score (nSPS) is 16.2. The highest BCUT2D eigenvalue weighted by Crippen LogP contribution is 2.27. The van der Waals surface area contributed by atoms with Crippen LogP contribution in [0.4, 0.5) is 4.39 Å². The van der Waals surface area contributed by atoms with Crippen LogP contribution < -0.4 is 4.74 Å². The van der Waals surface area contributed by atoms with Crippen LogP contribution in [0.3, 0.4) is 0 Å². The highest BCUT2D eigenvalue weighted by atomic mass is 35.5. The van der Waals surface area contributed by atoms with Gasteiger partial charge in [0.1, 0.15) is 11.6 Å². The minimum absolute atomic E-state index is 0.222. The van der Waals surface area contributed by atoms with E-state index in [1.807, 2.05) is 31.2 Å². The van der Waals surface area contributed by atoms with E-state index in [9.17, 15) is 9.18 Å². The van der Waals surface area contributed by atoms with Gasteiger partial charge in [0.15, 0.2) is 0 Å². The predicted octanol–water partition coefficient (Wildman–Crippen LogP) is 4.99. The summed E-state index contributed by atoms with van der Waals surface area (Å²) < 4.78 is 19.0. The van der Waals surface area contributed by atoms with Crippen molar-refractivity contribution in [2.45, 2.75) is 20.3 Å². The molecule has 30 heavy (non-hydrogen) atoms. The fourth-order valence-corrected chi connectivity index (χ4v) is 3.79. The maximum Gasteiger partial charge on any atom is 0.309 e. The zero-order valence-corrected chi connectivity index (χ0v) is 18.0. The van der Waals surface area contributed by atoms with Crippen LogP contribution in [0.25, 0.3) is 5.03 Å². The molecule has 1 heterocycles. The first-order chi connectivity index (χ1) is 14.3. The van der Waals surface area contributed by atoms with E-state index < -0.39 is 5.97 Å². The van der Waals surface area contributed by atoms with Gasteiger partial charge >= 0.3 is 5.97 Å². The third-order valence-corrected chi connectivity index (χ3v) is 5.68. The van der Waals surface area contributed by atoms with E-state index in [2.05, 4.69) is 11.8 Å². The Morgan fingerprint density at radius 2 is 2.00 bits per heavy atom. The summed E-state index contributed by atoms with van der Waals surface area (Å²) in [4.78, 5) is 12.9. The molecule has 0 unspecified atom stereocenters. The third-order valence-electron chi connectivity index (χ3n) is 5.32. The van der Waals surface area contributed by atoms with Crippen LogP contribution in [0, 0.1) is 24.6 Å². The number of aliphatic carboxylic acids is 1. The lowest BCUT2D eigenvalue weighted by Crippen LogP contribution is -2.50. The van der Waals surface area contributed by atoms with Crippen LogP contribution in [-0.4, -0.2) is 42.2 Å². The molecule has 1 aliphatic rings. The summed E-state index contributed by atoms with van der Waals surface area (Å²) in [5, 5.41) is 9.59. The maximum absolute atomic E-state index is 13.0. The summed E-state index contributed by atoms with van der Waals surface area (Å²) in [6.07, 6.45) is 2.75. The molecule has 0 aliphatic carbocycles. The Morgan fingerprint density at radius 3 is 2.63 bits per heavy atom. The summed E-state index contributed by atoms with van der Waals surface area (Å²) in [6, 6.07) is 12.4. The fraction of sp³-hybridized carbons (Fsp3) is 0.375. The van der Waals surface area contributed by atoms with Gasteiger partial charge in [0, 0.05) is 24.7 Å². The molecule has 0 aromatic heterocycles. The number of likely N-dealkylation sites (tertiary alicyclic amines) is 1. The number of ether oxygens (including phenoxy) is 1. The molecule has 0 spiro atoms. The van der Waals surface area contributed by atoms with Crippen molar-refractivity contribution in [1.29, 1.82) is 0 Å². The van der Waals surface area contributed by atoms with Crippen molar-refractivity contribution in [3.05, 3.63) is 71.0 Å². The standard InChI is InChI=1S/C24H27ClFNO3/c1-16(11-18-3-5-20(26)6-4-18)15-30-21-7-8-22(17(2)12-21)23(25)9-10-27-13-19(14-27)24(28)29/h3-9,12,16,19H,10-11,13-15H2,1-2H3,(H,28,29)/b23-9-/t16-/m0/s1. The van der Waals surface area contributed by atoms with Crippen LogP contribution in [0.15, 0.2) is 48.5 Å². The molecule has 1 saturated heterocycles. The SMILES string of the molecule is Cc1cc(OC[C@@H](C)Cc2ccc(F)cc2)ccc1/C(Cl)=C/CN1CC(C(=O)O)C1. The number of aryl methyl sites for hydroxylation is 1. The van der Waals surface area contributed by atoms with Gasteiger partial charge in [0.25, 0.3) is 0 Å². The molecule has 0 radical (unpaired) electrons. The van der Waals surface area contributed by atoms with Gasteiger partial charge in [-0.15, -0.1) is 0 Å². The van der Waals surface area contributed by atoms with Gasteiger partial charge in [-0.05, 0) is 66.3 Å². The summed E-state index contributed by atoms with van der Waals surface area (Å²) in [5.41, 5.74) is 3.05. The van der Waals surface area contributed by atoms with Crippen molar-refractivity contribution in [2.75, 3.05) is 26.2 Å². The number of hydrogen-bond acceptors (Lipinski definition) is 3. The first kappa shape index (κ1) is 22.3. The summed E-state index contributed by atoms with van der Waals surface area (Å²) in [6.45, 7) is 6.44. The number of benzene rings is 2. The molecule has 2 aromatic rings. The molecule has 0 saturated carbocycles. The first-order valence-electron chi connectivity index (χ1n) is 10.1. The van der Waals surface area contributed by atoms with Gasteiger partial charge in [0.05, 0.1) is 12.5 Å². The minimum atomic E-state index is -0.736. The molecular weight excluding hydrogens is 405 g/mol. The molecule has 0 bridgehead atoms. The Hall–Kier alpha value is -2.37. The van der Waals surface area contributed by atoms with E-state index in [0.29, 0.717) is 37.2 Å². The molecule has 6 heteroatoms. The van der Waals surface area contributed by atoms with Crippen molar-refractivity contribution in [3.63, 3.8) is 0 Å². The lowest BCUT2D eigenvalue weighted by molar-refractivity contribution is -0.147. The lowest BCUT2D eigenvalue weighted by atomic mass is 10.0. The topological polar surface area (TPSA) is 49.8 Å². The number of carboxylic acids is 1. The molecule has 4 nitrogen and oxygen atoms in total. The second-order valence-corrected chi connectivity index (χ2v) is 8.44. The summed E-state index contributed by atoms with van der Waals surface area (Å²) >= 11 is 6.47. The van der Waals surface area contributed by atoms with Crippen molar-refractivity contribution in [3.8, 4) is 5.75 Å². The molecule has 3 rings (SSSR count). The largest absolute Gasteiger partial charge is 0.493 e. The van der Waals surface area contributed by atoms with Crippen molar-refractivity contribution in [1.82, 2.24) is 4.90 Å². The monoisotopic (exact) mass is 431 g/mol. The van der Waals surface area contributed by atoms with Crippen LogP contribution in [-0.2, 0) is 11.2 Å². The molecular formula is C24H27ClFNO3. The van der Waals surface area contributed by atoms with Gasteiger partial charge in [-0.1, -0.05) is 36.7 Å². The van der Waals surface area contributed by atoms with E-state index >= 15 is 0 Å². The minimum Gasteiger partial charge on any atom is -0.493 e. The second-order valence-electron chi connectivity index (χ2n) is 8.03. The predicted molar refractivity (Wildman–Crippen MR) is 117 cm³/mol. The Kier molecular flexibility index (Phi) is 7.51. The molecule has 1 N–H and O–H groups in total. The van der Waals surface area contributed by atoms with Crippen LogP contribution >= 0.6 is 11.6 Å². The highest BCUT2D eigenvalue weighted by molar-refractivity contribution is 6.48. The number of carbonyl (C=O) groups is 1. The lowest BCUT2D eigenvalue weighted by Gasteiger charge is -2.35. The van der Waals surface area contributed by atoms with Gasteiger partial charge in [-0.25, -0.2) is 4.39 Å².